The molecule has 1 aliphatic rings. The van der Waals surface area contributed by atoms with Gasteiger partial charge >= 0.3 is 0 Å². The number of amides is 1. The van der Waals surface area contributed by atoms with Crippen LogP contribution in [0.1, 0.15) is 36.7 Å². The van der Waals surface area contributed by atoms with Crippen LogP contribution in [0, 0.1) is 11.6 Å². The fourth-order valence-electron chi connectivity index (χ4n) is 3.34. The lowest BCUT2D eigenvalue weighted by Crippen LogP contribution is -2.28. The molecule has 4 rings (SSSR count). The molecule has 1 saturated heterocycles. The first-order valence-electron chi connectivity index (χ1n) is 8.66. The monoisotopic (exact) mass is 369 g/mol. The van der Waals surface area contributed by atoms with E-state index in [0.29, 0.717) is 12.4 Å². The van der Waals surface area contributed by atoms with Gasteiger partial charge in [0, 0.05) is 18.9 Å². The molecule has 1 amide bonds. The number of hydrogen-bond donors (Lipinski definition) is 0. The zero-order valence-corrected chi connectivity index (χ0v) is 14.6. The van der Waals surface area contributed by atoms with Crippen molar-refractivity contribution < 1.29 is 18.1 Å². The van der Waals surface area contributed by atoms with Crippen LogP contribution in [0.5, 0.6) is 0 Å². The molecule has 1 aliphatic heterocycles. The van der Waals surface area contributed by atoms with Crippen LogP contribution in [-0.4, -0.2) is 27.5 Å². The summed E-state index contributed by atoms with van der Waals surface area (Å²) >= 11 is 0. The molecular weight excluding hydrogens is 352 g/mol. The third-order valence-corrected chi connectivity index (χ3v) is 4.89. The van der Waals surface area contributed by atoms with Crippen molar-refractivity contribution in [3.63, 3.8) is 0 Å². The van der Waals surface area contributed by atoms with Gasteiger partial charge in [-0.25, -0.2) is 8.78 Å². The van der Waals surface area contributed by atoms with Gasteiger partial charge in [-0.3, -0.25) is 4.79 Å². The number of aromatic nitrogens is 2. The van der Waals surface area contributed by atoms with Gasteiger partial charge in [-0.05, 0) is 36.8 Å². The van der Waals surface area contributed by atoms with Crippen molar-refractivity contribution in [2.45, 2.75) is 25.3 Å². The summed E-state index contributed by atoms with van der Waals surface area (Å²) in [7, 11) is 0. The molecular formula is C20H17F2N3O2. The van der Waals surface area contributed by atoms with E-state index in [4.69, 9.17) is 4.52 Å². The molecule has 2 aromatic carbocycles. The molecule has 7 heteroatoms. The van der Waals surface area contributed by atoms with Crippen LogP contribution in [0.3, 0.4) is 0 Å². The maximum Gasteiger partial charge on any atom is 0.260 e. The summed E-state index contributed by atoms with van der Waals surface area (Å²) in [5, 5.41) is 3.95. The van der Waals surface area contributed by atoms with E-state index in [1.54, 1.807) is 35.2 Å². The third-order valence-electron chi connectivity index (χ3n) is 4.89. The zero-order chi connectivity index (χ0) is 19.0. The van der Waals surface area contributed by atoms with E-state index >= 15 is 0 Å². The molecule has 2 unspecified atom stereocenters. The molecule has 1 aromatic heterocycles. The number of carbonyl (C=O) groups is 1. The number of halogens is 2. The van der Waals surface area contributed by atoms with E-state index < -0.39 is 5.82 Å². The average Bonchev–Trinajstić information content (AvgIpc) is 3.29. The van der Waals surface area contributed by atoms with Gasteiger partial charge in [0.15, 0.2) is 5.82 Å². The number of carbonyl (C=O) groups excluding carboxylic acids is 1. The van der Waals surface area contributed by atoms with Crippen molar-refractivity contribution in [1.29, 1.82) is 0 Å². The van der Waals surface area contributed by atoms with Gasteiger partial charge in [0.1, 0.15) is 11.6 Å². The molecule has 3 aromatic rings. The second-order valence-corrected chi connectivity index (χ2v) is 6.61. The Kier molecular flexibility index (Phi) is 4.43. The maximum atomic E-state index is 13.9. The average molecular weight is 369 g/mol. The minimum absolute atomic E-state index is 0.0333. The Morgan fingerprint density at radius 2 is 1.89 bits per heavy atom. The number of benzene rings is 2. The molecule has 0 spiro atoms. The van der Waals surface area contributed by atoms with Gasteiger partial charge in [0.2, 0.25) is 5.91 Å². The van der Waals surface area contributed by atoms with Crippen molar-refractivity contribution >= 4 is 5.91 Å². The molecule has 138 valence electrons. The van der Waals surface area contributed by atoms with E-state index in [-0.39, 0.29) is 41.6 Å². The van der Waals surface area contributed by atoms with Crippen molar-refractivity contribution in [2.75, 3.05) is 6.54 Å². The fraction of sp³-hybridized carbons (Fsp3) is 0.250. The smallest absolute Gasteiger partial charge is 0.260 e. The Bertz CT molecular complexity index is 971. The van der Waals surface area contributed by atoms with Gasteiger partial charge in [0.05, 0.1) is 11.6 Å². The third kappa shape index (κ3) is 3.32. The second-order valence-electron chi connectivity index (χ2n) is 6.61. The van der Waals surface area contributed by atoms with Crippen molar-refractivity contribution in [2.24, 2.45) is 0 Å². The lowest BCUT2D eigenvalue weighted by molar-refractivity contribution is -0.129. The summed E-state index contributed by atoms with van der Waals surface area (Å²) in [6, 6.07) is 12.1. The number of rotatable bonds is 4. The molecule has 5 nitrogen and oxygen atoms in total. The molecule has 0 radical (unpaired) electrons. The number of hydrogen-bond acceptors (Lipinski definition) is 4. The minimum Gasteiger partial charge on any atom is -0.335 e. The highest BCUT2D eigenvalue weighted by molar-refractivity contribution is 5.80. The van der Waals surface area contributed by atoms with Crippen LogP contribution in [0.25, 0.3) is 11.5 Å². The Balaban J connectivity index is 1.53. The van der Waals surface area contributed by atoms with Crippen LogP contribution in [-0.2, 0) is 4.79 Å². The van der Waals surface area contributed by atoms with Crippen LogP contribution < -0.4 is 0 Å². The summed E-state index contributed by atoms with van der Waals surface area (Å²) < 4.78 is 32.2. The van der Waals surface area contributed by atoms with Gasteiger partial charge < -0.3 is 9.42 Å². The van der Waals surface area contributed by atoms with E-state index in [0.717, 1.165) is 5.56 Å². The normalized spacial score (nSPS) is 18.1. The molecule has 0 N–H and O–H groups in total. The van der Waals surface area contributed by atoms with Crippen LogP contribution in [0.15, 0.2) is 53.1 Å². The van der Waals surface area contributed by atoms with Crippen molar-refractivity contribution in [3.05, 3.63) is 71.6 Å². The Labute approximate surface area is 154 Å². The highest BCUT2D eigenvalue weighted by Crippen LogP contribution is 2.33. The first-order valence-corrected chi connectivity index (χ1v) is 8.66. The maximum absolute atomic E-state index is 13.9. The Hall–Kier alpha value is -3.09. The first-order chi connectivity index (χ1) is 13.0. The Morgan fingerprint density at radius 1 is 1.15 bits per heavy atom. The predicted molar refractivity (Wildman–Crippen MR) is 93.6 cm³/mol. The summed E-state index contributed by atoms with van der Waals surface area (Å²) in [5.74, 6) is -0.541. The van der Waals surface area contributed by atoms with Crippen LogP contribution in [0.2, 0.25) is 0 Å². The molecule has 0 bridgehead atoms. The lowest BCUT2D eigenvalue weighted by atomic mass is 10.1. The van der Waals surface area contributed by atoms with E-state index in [1.165, 1.54) is 18.2 Å². The van der Waals surface area contributed by atoms with Crippen LogP contribution in [0.4, 0.5) is 8.78 Å². The van der Waals surface area contributed by atoms with E-state index in [2.05, 4.69) is 10.1 Å². The first kappa shape index (κ1) is 17.3. The molecule has 27 heavy (non-hydrogen) atoms. The molecule has 1 fully saturated rings. The standard InChI is InChI=1S/C20H17F2N3O2/c1-12(13-6-8-15(21)9-7-13)25-11-14(10-18(25)26)19-23-20(27-24-19)16-4-2-3-5-17(16)22/h2-9,12,14H,10-11H2,1H3. The highest BCUT2D eigenvalue weighted by Gasteiger charge is 2.36. The van der Waals surface area contributed by atoms with Crippen molar-refractivity contribution in [1.82, 2.24) is 15.0 Å². The molecule has 0 saturated carbocycles. The van der Waals surface area contributed by atoms with Gasteiger partial charge in [-0.1, -0.05) is 29.4 Å². The van der Waals surface area contributed by atoms with Gasteiger partial charge in [-0.15, -0.1) is 0 Å². The quantitative estimate of drug-likeness (QED) is 0.695. The molecule has 2 atom stereocenters. The zero-order valence-electron chi connectivity index (χ0n) is 14.6. The predicted octanol–water partition coefficient (Wildman–Crippen LogP) is 4.09. The summed E-state index contributed by atoms with van der Waals surface area (Å²) in [6.07, 6.45) is 0.252. The van der Waals surface area contributed by atoms with E-state index in [1.807, 2.05) is 6.92 Å². The SMILES string of the molecule is CC(c1ccc(F)cc1)N1CC(c2noc(-c3ccccc3F)n2)CC1=O. The summed E-state index contributed by atoms with van der Waals surface area (Å²) in [6.45, 7) is 2.32. The molecule has 2 heterocycles. The second kappa shape index (κ2) is 6.90. The summed E-state index contributed by atoms with van der Waals surface area (Å²) in [4.78, 5) is 18.5. The fourth-order valence-corrected chi connectivity index (χ4v) is 3.34. The van der Waals surface area contributed by atoms with Crippen LogP contribution >= 0.6 is 0 Å². The van der Waals surface area contributed by atoms with Crippen molar-refractivity contribution in [3.8, 4) is 11.5 Å². The minimum atomic E-state index is -0.443. The topological polar surface area (TPSA) is 59.2 Å². The lowest BCUT2D eigenvalue weighted by Gasteiger charge is -2.25. The summed E-state index contributed by atoms with van der Waals surface area (Å²) in [5.41, 5.74) is 1.09. The molecule has 0 aliphatic carbocycles. The number of nitrogens with zero attached hydrogens (tertiary/aromatic N) is 3. The highest BCUT2D eigenvalue weighted by atomic mass is 19.1. The largest absolute Gasteiger partial charge is 0.335 e. The van der Waals surface area contributed by atoms with Gasteiger partial charge in [-0.2, -0.15) is 4.98 Å². The Morgan fingerprint density at radius 3 is 2.63 bits per heavy atom. The number of likely N-dealkylation sites (tertiary alicyclic amines) is 1. The van der Waals surface area contributed by atoms with E-state index in [9.17, 15) is 13.6 Å². The van der Waals surface area contributed by atoms with Gasteiger partial charge in [0.25, 0.3) is 5.89 Å².